The Balaban J connectivity index is 1.61. The largest absolute Gasteiger partial charge is 0.478 e. The molecule has 1 aromatic heterocycles. The molecule has 0 saturated carbocycles. The summed E-state index contributed by atoms with van der Waals surface area (Å²) in [4.78, 5) is 13.5. The Morgan fingerprint density at radius 1 is 1.48 bits per heavy atom. The number of aromatic nitrogens is 2. The van der Waals surface area contributed by atoms with E-state index in [1.165, 1.54) is 24.1 Å². The first-order chi connectivity index (χ1) is 11.1. The Morgan fingerprint density at radius 2 is 2.35 bits per heavy atom. The first-order valence-electron chi connectivity index (χ1n) is 8.15. The molecule has 1 aliphatic rings. The number of nitrogens with one attached hydrogen (secondary N) is 1. The van der Waals surface area contributed by atoms with E-state index in [9.17, 15) is 4.79 Å². The van der Waals surface area contributed by atoms with Gasteiger partial charge in [0.1, 0.15) is 0 Å². The lowest BCUT2D eigenvalue weighted by Crippen LogP contribution is -2.35. The minimum absolute atomic E-state index is 0.365. The van der Waals surface area contributed by atoms with Gasteiger partial charge in [0, 0.05) is 18.8 Å². The molecule has 0 spiro atoms. The number of hydrogen-bond acceptors (Lipinski definition) is 3. The fourth-order valence-electron chi connectivity index (χ4n) is 3.39. The number of rotatable bonds is 5. The first kappa shape index (κ1) is 15.7. The second kappa shape index (κ2) is 6.96. The van der Waals surface area contributed by atoms with Crippen LogP contribution < -0.4 is 0 Å². The summed E-state index contributed by atoms with van der Waals surface area (Å²) < 4.78 is 0. The summed E-state index contributed by atoms with van der Waals surface area (Å²) in [5.41, 5.74) is 3.91. The van der Waals surface area contributed by atoms with Gasteiger partial charge in [-0.2, -0.15) is 5.10 Å². The lowest BCUT2D eigenvalue weighted by atomic mass is 9.92. The third-order valence-corrected chi connectivity index (χ3v) is 4.61. The van der Waals surface area contributed by atoms with E-state index in [0.29, 0.717) is 11.5 Å². The summed E-state index contributed by atoms with van der Waals surface area (Å²) in [6, 6.07) is 7.26. The third-order valence-electron chi connectivity index (χ3n) is 4.61. The highest BCUT2D eigenvalue weighted by Crippen LogP contribution is 2.22. The molecule has 3 rings (SSSR count). The molecule has 1 saturated heterocycles. The maximum absolute atomic E-state index is 11.1. The number of hydrogen-bond donors (Lipinski definition) is 2. The van der Waals surface area contributed by atoms with Gasteiger partial charge in [-0.15, -0.1) is 0 Å². The van der Waals surface area contributed by atoms with E-state index in [-0.39, 0.29) is 0 Å². The van der Waals surface area contributed by atoms with Crippen LogP contribution in [0.5, 0.6) is 0 Å². The van der Waals surface area contributed by atoms with Crippen molar-refractivity contribution in [2.45, 2.75) is 32.7 Å². The number of carboxylic acid groups (broad SMARTS) is 1. The van der Waals surface area contributed by atoms with Crippen molar-refractivity contribution in [2.75, 3.05) is 13.1 Å². The zero-order chi connectivity index (χ0) is 16.2. The lowest BCUT2D eigenvalue weighted by Gasteiger charge is -2.32. The zero-order valence-electron chi connectivity index (χ0n) is 13.5. The molecule has 0 radical (unpaired) electrons. The number of likely N-dealkylation sites (tertiary alicyclic amines) is 1. The number of aryl methyl sites for hydroxylation is 1. The van der Waals surface area contributed by atoms with Crippen LogP contribution in [-0.4, -0.2) is 39.3 Å². The summed E-state index contributed by atoms with van der Waals surface area (Å²) in [6.07, 6.45) is 5.35. The van der Waals surface area contributed by atoms with E-state index in [4.69, 9.17) is 5.11 Å². The van der Waals surface area contributed by atoms with E-state index in [2.05, 4.69) is 22.0 Å². The van der Waals surface area contributed by atoms with Crippen molar-refractivity contribution in [2.24, 2.45) is 5.92 Å². The van der Waals surface area contributed by atoms with Crippen molar-refractivity contribution in [1.29, 1.82) is 0 Å². The number of aromatic carboxylic acids is 1. The van der Waals surface area contributed by atoms with Crippen LogP contribution in [0.25, 0.3) is 0 Å². The maximum Gasteiger partial charge on any atom is 0.335 e. The van der Waals surface area contributed by atoms with Gasteiger partial charge in [0.05, 0.1) is 11.8 Å². The van der Waals surface area contributed by atoms with Crippen molar-refractivity contribution in [3.05, 3.63) is 52.8 Å². The smallest absolute Gasteiger partial charge is 0.335 e. The normalized spacial score (nSPS) is 18.9. The molecule has 1 unspecified atom stereocenters. The molecule has 2 aromatic rings. The second-order valence-corrected chi connectivity index (χ2v) is 6.48. The SMILES string of the molecule is Cc1cn[nH]c1CC1CCCN(Cc2cccc(C(=O)O)c2)C1. The van der Waals surface area contributed by atoms with Crippen LogP contribution in [0.15, 0.2) is 30.5 Å². The number of carbonyl (C=O) groups is 1. The predicted octanol–water partition coefficient (Wildman–Crippen LogP) is 2.87. The standard InChI is InChI=1S/C18H23N3O2/c1-13-10-19-20-17(13)9-15-5-3-7-21(12-15)11-14-4-2-6-16(8-14)18(22)23/h2,4,6,8,10,15H,3,5,7,9,11-12H2,1H3,(H,19,20)(H,22,23). The van der Waals surface area contributed by atoms with Crippen molar-refractivity contribution < 1.29 is 9.90 Å². The average molecular weight is 313 g/mol. The number of H-pyrrole nitrogens is 1. The van der Waals surface area contributed by atoms with E-state index in [1.54, 1.807) is 12.1 Å². The number of aromatic amines is 1. The average Bonchev–Trinajstić information content (AvgIpc) is 2.93. The molecule has 1 fully saturated rings. The fourth-order valence-corrected chi connectivity index (χ4v) is 3.39. The molecule has 122 valence electrons. The summed E-state index contributed by atoms with van der Waals surface area (Å²) in [7, 11) is 0. The van der Waals surface area contributed by atoms with Gasteiger partial charge in [-0.25, -0.2) is 4.79 Å². The zero-order valence-corrected chi connectivity index (χ0v) is 13.5. The summed E-state index contributed by atoms with van der Waals surface area (Å²) in [5.74, 6) is -0.233. The molecule has 23 heavy (non-hydrogen) atoms. The molecular weight excluding hydrogens is 290 g/mol. The van der Waals surface area contributed by atoms with E-state index in [0.717, 1.165) is 31.6 Å². The van der Waals surface area contributed by atoms with Gasteiger partial charge in [-0.05, 0) is 61.9 Å². The van der Waals surface area contributed by atoms with Gasteiger partial charge in [-0.3, -0.25) is 10.00 Å². The van der Waals surface area contributed by atoms with Crippen molar-refractivity contribution in [3.63, 3.8) is 0 Å². The van der Waals surface area contributed by atoms with Crippen molar-refractivity contribution >= 4 is 5.97 Å². The minimum atomic E-state index is -0.863. The Hall–Kier alpha value is -2.14. The molecule has 1 aromatic carbocycles. The molecule has 0 amide bonds. The fraction of sp³-hybridized carbons (Fsp3) is 0.444. The number of nitrogens with zero attached hydrogens (tertiary/aromatic N) is 2. The van der Waals surface area contributed by atoms with Gasteiger partial charge in [0.15, 0.2) is 0 Å². The van der Waals surface area contributed by atoms with Gasteiger partial charge in [0.25, 0.3) is 0 Å². The third kappa shape index (κ3) is 3.99. The minimum Gasteiger partial charge on any atom is -0.478 e. The molecule has 1 atom stereocenters. The predicted molar refractivity (Wildman–Crippen MR) is 88.4 cm³/mol. The highest BCUT2D eigenvalue weighted by Gasteiger charge is 2.21. The maximum atomic E-state index is 11.1. The van der Waals surface area contributed by atoms with Crippen LogP contribution in [0.4, 0.5) is 0 Å². The Morgan fingerprint density at radius 3 is 3.09 bits per heavy atom. The Labute approximate surface area is 136 Å². The van der Waals surface area contributed by atoms with Crippen LogP contribution in [0.2, 0.25) is 0 Å². The summed E-state index contributed by atoms with van der Waals surface area (Å²) >= 11 is 0. The number of piperidine rings is 1. The Bertz CT molecular complexity index is 680. The van der Waals surface area contributed by atoms with Crippen molar-refractivity contribution in [1.82, 2.24) is 15.1 Å². The Kier molecular flexibility index (Phi) is 4.76. The monoisotopic (exact) mass is 313 g/mol. The molecule has 1 aliphatic heterocycles. The van der Waals surface area contributed by atoms with E-state index < -0.39 is 5.97 Å². The van der Waals surface area contributed by atoms with Gasteiger partial charge < -0.3 is 5.11 Å². The molecule has 2 heterocycles. The lowest BCUT2D eigenvalue weighted by molar-refractivity contribution is 0.0696. The van der Waals surface area contributed by atoms with Crippen LogP contribution in [0.3, 0.4) is 0 Å². The van der Waals surface area contributed by atoms with E-state index >= 15 is 0 Å². The second-order valence-electron chi connectivity index (χ2n) is 6.48. The molecule has 5 nitrogen and oxygen atoms in total. The van der Waals surface area contributed by atoms with Gasteiger partial charge in [-0.1, -0.05) is 12.1 Å². The van der Waals surface area contributed by atoms with E-state index in [1.807, 2.05) is 18.3 Å². The van der Waals surface area contributed by atoms with Crippen LogP contribution in [0.1, 0.15) is 40.0 Å². The van der Waals surface area contributed by atoms with Gasteiger partial charge >= 0.3 is 5.97 Å². The molecule has 2 N–H and O–H groups in total. The molecular formula is C18H23N3O2. The number of benzene rings is 1. The summed E-state index contributed by atoms with van der Waals surface area (Å²) in [5, 5.41) is 16.3. The summed E-state index contributed by atoms with van der Waals surface area (Å²) in [6.45, 7) is 5.04. The quantitative estimate of drug-likeness (QED) is 0.890. The highest BCUT2D eigenvalue weighted by molar-refractivity contribution is 5.87. The first-order valence-corrected chi connectivity index (χ1v) is 8.15. The van der Waals surface area contributed by atoms with Gasteiger partial charge in [0.2, 0.25) is 0 Å². The van der Waals surface area contributed by atoms with Crippen LogP contribution >= 0.6 is 0 Å². The molecule has 0 aliphatic carbocycles. The topological polar surface area (TPSA) is 69.2 Å². The molecule has 5 heteroatoms. The molecule has 0 bridgehead atoms. The van der Waals surface area contributed by atoms with Crippen LogP contribution in [-0.2, 0) is 13.0 Å². The highest BCUT2D eigenvalue weighted by atomic mass is 16.4. The van der Waals surface area contributed by atoms with Crippen LogP contribution in [0, 0.1) is 12.8 Å². The number of carboxylic acids is 1. The van der Waals surface area contributed by atoms with Crippen molar-refractivity contribution in [3.8, 4) is 0 Å².